The molecule has 0 N–H and O–H groups in total. The fourth-order valence-electron chi connectivity index (χ4n) is 10.1. The first kappa shape index (κ1) is 29.6. The quantitative estimate of drug-likeness (QED) is 0.238. The third kappa shape index (κ3) is 3.81. The van der Waals surface area contributed by atoms with Gasteiger partial charge < -0.3 is 9.47 Å². The van der Waals surface area contributed by atoms with Gasteiger partial charge >= 0.3 is 0 Å². The molecule has 0 aromatic heterocycles. The van der Waals surface area contributed by atoms with E-state index in [2.05, 4.69) is 0 Å². The van der Waals surface area contributed by atoms with Crippen molar-refractivity contribution in [1.29, 1.82) is 0 Å². The van der Waals surface area contributed by atoms with Gasteiger partial charge in [-0.25, -0.2) is 0 Å². The standard InChI is InChI=1S/2C21H18O3/c2*22-17-10-11-21(15-7-2-1-3-8-15)20(13-18(17)24-21)12-14-6-4-5-9-16(14)19(20)23/h2*1-9,18H,10-13H2/t2*18-,20+,21+/m10/s1. The highest BCUT2D eigenvalue weighted by molar-refractivity contribution is 6.08. The monoisotopic (exact) mass is 636 g/mol. The summed E-state index contributed by atoms with van der Waals surface area (Å²) in [5.74, 6) is 0.586. The van der Waals surface area contributed by atoms with Crippen LogP contribution in [0.25, 0.3) is 0 Å². The summed E-state index contributed by atoms with van der Waals surface area (Å²) in [7, 11) is 0. The topological polar surface area (TPSA) is 86.7 Å². The largest absolute Gasteiger partial charge is 0.358 e. The summed E-state index contributed by atoms with van der Waals surface area (Å²) in [6.45, 7) is 0. The van der Waals surface area contributed by atoms with Gasteiger partial charge in [-0.15, -0.1) is 0 Å². The van der Waals surface area contributed by atoms with Gasteiger partial charge in [-0.05, 0) is 60.8 Å². The maximum Gasteiger partial charge on any atom is 0.172 e. The lowest BCUT2D eigenvalue weighted by Crippen LogP contribution is -2.48. The number of ketones is 4. The van der Waals surface area contributed by atoms with Gasteiger partial charge in [0.1, 0.15) is 23.4 Å². The predicted molar refractivity (Wildman–Crippen MR) is 178 cm³/mol. The van der Waals surface area contributed by atoms with Gasteiger partial charge in [0.15, 0.2) is 23.1 Å². The van der Waals surface area contributed by atoms with Crippen molar-refractivity contribution in [2.75, 3.05) is 0 Å². The highest BCUT2D eigenvalue weighted by Gasteiger charge is 2.70. The molecule has 4 fully saturated rings. The number of Topliss-reactive ketones (excluding diaryl/α,β-unsaturated/α-hetero) is 4. The zero-order valence-corrected chi connectivity index (χ0v) is 26.7. The number of carbonyl (C=O) groups is 4. The Morgan fingerprint density at radius 1 is 0.479 bits per heavy atom. The molecule has 6 atom stereocenters. The molecule has 6 nitrogen and oxygen atoms in total. The molecule has 6 heteroatoms. The number of rotatable bonds is 2. The second kappa shape index (κ2) is 10.5. The minimum absolute atomic E-state index is 0.141. The van der Waals surface area contributed by atoms with E-state index in [0.29, 0.717) is 51.4 Å². The van der Waals surface area contributed by atoms with Gasteiger partial charge in [-0.2, -0.15) is 0 Å². The Hall–Kier alpha value is -4.52. The second-order valence-corrected chi connectivity index (χ2v) is 14.4. The molecule has 2 aliphatic carbocycles. The average molecular weight is 637 g/mol. The molecule has 4 heterocycles. The van der Waals surface area contributed by atoms with Crippen LogP contribution in [-0.4, -0.2) is 35.3 Å². The first-order valence-corrected chi connectivity index (χ1v) is 17.1. The Labute approximate surface area is 279 Å². The zero-order valence-electron chi connectivity index (χ0n) is 26.7. The van der Waals surface area contributed by atoms with Crippen molar-refractivity contribution in [1.82, 2.24) is 0 Å². The molecule has 4 bridgehead atoms. The maximum absolute atomic E-state index is 13.5. The Kier molecular flexibility index (Phi) is 6.47. The number of benzene rings is 4. The summed E-state index contributed by atoms with van der Waals surface area (Å²) in [5.41, 5.74) is 3.19. The molecule has 2 spiro atoms. The fraction of sp³-hybridized carbons (Fsp3) is 0.333. The number of fused-ring (bicyclic) bond motifs is 8. The van der Waals surface area contributed by atoms with Gasteiger partial charge in [-0.1, -0.05) is 109 Å². The number of hydrogen-bond acceptors (Lipinski definition) is 6. The van der Waals surface area contributed by atoms with Crippen LogP contribution in [0, 0.1) is 10.8 Å². The molecule has 4 saturated heterocycles. The minimum atomic E-state index is -0.678. The Balaban J connectivity index is 0.000000131. The van der Waals surface area contributed by atoms with Crippen molar-refractivity contribution in [3.63, 3.8) is 0 Å². The van der Waals surface area contributed by atoms with Crippen LogP contribution in [-0.2, 0) is 43.1 Å². The number of ether oxygens (including phenoxy) is 2. The molecule has 0 radical (unpaired) electrons. The number of carbonyl (C=O) groups excluding carboxylic acids is 4. The van der Waals surface area contributed by atoms with Gasteiger partial charge in [-0.3, -0.25) is 19.2 Å². The van der Waals surface area contributed by atoms with E-state index in [1.807, 2.05) is 109 Å². The number of hydrogen-bond donors (Lipinski definition) is 0. The predicted octanol–water partition coefficient (Wildman–Crippen LogP) is 6.92. The molecule has 10 rings (SSSR count). The fourth-order valence-corrected chi connectivity index (χ4v) is 10.1. The van der Waals surface area contributed by atoms with Crippen molar-refractivity contribution in [2.45, 2.75) is 74.8 Å². The van der Waals surface area contributed by atoms with E-state index >= 15 is 0 Å². The van der Waals surface area contributed by atoms with Crippen LogP contribution in [0.15, 0.2) is 109 Å². The maximum atomic E-state index is 13.5. The zero-order chi connectivity index (χ0) is 32.7. The summed E-state index contributed by atoms with van der Waals surface area (Å²) in [6.07, 6.45) is 3.62. The summed E-state index contributed by atoms with van der Waals surface area (Å²) in [4.78, 5) is 51.5. The molecular formula is C42H36O6. The second-order valence-electron chi connectivity index (χ2n) is 14.4. The molecule has 0 unspecified atom stereocenters. The van der Waals surface area contributed by atoms with Crippen molar-refractivity contribution in [2.24, 2.45) is 10.8 Å². The summed E-state index contributed by atoms with van der Waals surface area (Å²) in [6, 6.07) is 35.7. The molecule has 0 amide bonds. The highest BCUT2D eigenvalue weighted by atomic mass is 16.5. The van der Waals surface area contributed by atoms with E-state index in [1.54, 1.807) is 0 Å². The average Bonchev–Trinajstić information content (AvgIpc) is 3.79. The van der Waals surface area contributed by atoms with Crippen LogP contribution in [0.3, 0.4) is 0 Å². The van der Waals surface area contributed by atoms with Gasteiger partial charge in [0.05, 0.1) is 10.8 Å². The first-order chi connectivity index (χ1) is 23.3. The van der Waals surface area contributed by atoms with E-state index in [4.69, 9.17) is 9.47 Å². The summed E-state index contributed by atoms with van der Waals surface area (Å²) < 4.78 is 12.7. The summed E-state index contributed by atoms with van der Waals surface area (Å²) >= 11 is 0. The van der Waals surface area contributed by atoms with E-state index in [0.717, 1.165) is 33.4 Å². The molecule has 6 aliphatic rings. The normalized spacial score (nSPS) is 33.9. The van der Waals surface area contributed by atoms with Gasteiger partial charge in [0.2, 0.25) is 0 Å². The van der Waals surface area contributed by atoms with E-state index in [1.165, 1.54) is 0 Å². The van der Waals surface area contributed by atoms with Crippen molar-refractivity contribution in [3.8, 4) is 0 Å². The molecule has 4 aromatic rings. The van der Waals surface area contributed by atoms with Crippen LogP contribution in [0.4, 0.5) is 0 Å². The third-order valence-electron chi connectivity index (χ3n) is 12.3. The molecule has 4 aromatic carbocycles. The van der Waals surface area contributed by atoms with Gasteiger partial charge in [0, 0.05) is 24.0 Å². The van der Waals surface area contributed by atoms with Crippen LogP contribution < -0.4 is 0 Å². The lowest BCUT2D eigenvalue weighted by Gasteiger charge is -2.42. The lowest BCUT2D eigenvalue weighted by atomic mass is 9.64. The summed E-state index contributed by atoms with van der Waals surface area (Å²) in [5, 5.41) is 0. The van der Waals surface area contributed by atoms with Crippen LogP contribution in [0.1, 0.15) is 81.5 Å². The smallest absolute Gasteiger partial charge is 0.172 e. The first-order valence-electron chi connectivity index (χ1n) is 17.1. The van der Waals surface area contributed by atoms with Crippen molar-refractivity contribution in [3.05, 3.63) is 143 Å². The van der Waals surface area contributed by atoms with E-state index < -0.39 is 34.2 Å². The van der Waals surface area contributed by atoms with Gasteiger partial charge in [0.25, 0.3) is 0 Å². The molecule has 48 heavy (non-hydrogen) atoms. The third-order valence-corrected chi connectivity index (χ3v) is 12.3. The van der Waals surface area contributed by atoms with Crippen LogP contribution >= 0.6 is 0 Å². The Morgan fingerprint density at radius 2 is 0.854 bits per heavy atom. The van der Waals surface area contributed by atoms with E-state index in [-0.39, 0.29) is 23.1 Å². The van der Waals surface area contributed by atoms with Crippen LogP contribution in [0.2, 0.25) is 0 Å². The van der Waals surface area contributed by atoms with Crippen LogP contribution in [0.5, 0.6) is 0 Å². The lowest BCUT2D eigenvalue weighted by molar-refractivity contribution is -0.153. The molecule has 240 valence electrons. The van der Waals surface area contributed by atoms with Crippen molar-refractivity contribution >= 4 is 23.1 Å². The molecule has 0 saturated carbocycles. The Bertz CT molecular complexity index is 1860. The van der Waals surface area contributed by atoms with Crippen molar-refractivity contribution < 1.29 is 28.7 Å². The van der Waals surface area contributed by atoms with E-state index in [9.17, 15) is 19.2 Å². The minimum Gasteiger partial charge on any atom is -0.358 e. The highest BCUT2D eigenvalue weighted by Crippen LogP contribution is 2.64. The SMILES string of the molecule is O=C1CC[C@@]2(c3ccccc3)O[C@@H]1C[C@]21Cc2ccccc2C1=O.O=C1CC[C@]2(c3ccccc3)O[C@H]1C[C@@]21Cc2ccccc2C1=O. The Morgan fingerprint density at radius 3 is 1.25 bits per heavy atom. The molecular weight excluding hydrogens is 600 g/mol. The molecule has 4 aliphatic heterocycles.